The molecular weight excluding hydrogens is 288 g/mol. The number of amides is 1. The number of likely N-dealkylation sites (tertiary alicyclic amines) is 1. The van der Waals surface area contributed by atoms with Crippen molar-refractivity contribution in [1.82, 2.24) is 19.9 Å². The number of carbonyl (C=O) groups excluding carboxylic acids is 1. The number of hydrogen-bond donors (Lipinski definition) is 1. The van der Waals surface area contributed by atoms with E-state index in [4.69, 9.17) is 0 Å². The van der Waals surface area contributed by atoms with Gasteiger partial charge >= 0.3 is 0 Å². The Labute approximate surface area is 134 Å². The van der Waals surface area contributed by atoms with E-state index < -0.39 is 0 Å². The van der Waals surface area contributed by atoms with Gasteiger partial charge in [-0.05, 0) is 19.4 Å². The molecule has 1 amide bonds. The summed E-state index contributed by atoms with van der Waals surface area (Å²) in [7, 11) is 0. The highest BCUT2D eigenvalue weighted by molar-refractivity contribution is 6.08. The summed E-state index contributed by atoms with van der Waals surface area (Å²) in [6, 6.07) is 7.96. The van der Waals surface area contributed by atoms with Crippen molar-refractivity contribution < 1.29 is 4.79 Å². The van der Waals surface area contributed by atoms with Gasteiger partial charge in [-0.3, -0.25) is 14.8 Å². The van der Waals surface area contributed by atoms with Crippen LogP contribution in [0.2, 0.25) is 0 Å². The molecule has 116 valence electrons. The van der Waals surface area contributed by atoms with Gasteiger partial charge in [-0.1, -0.05) is 18.2 Å². The van der Waals surface area contributed by atoms with Crippen molar-refractivity contribution in [2.24, 2.45) is 0 Å². The molecule has 1 unspecified atom stereocenters. The van der Waals surface area contributed by atoms with E-state index in [0.29, 0.717) is 6.54 Å². The Hall–Kier alpha value is -2.69. The van der Waals surface area contributed by atoms with Crippen molar-refractivity contribution in [3.63, 3.8) is 0 Å². The lowest BCUT2D eigenvalue weighted by atomic mass is 10.1. The van der Waals surface area contributed by atoms with Crippen LogP contribution in [0.15, 0.2) is 42.9 Å². The SMILES string of the molecule is Cc1[nH]c2ccccc2c1C(=O)N1CCC(c2cnccn2)C1. The number of aromatic nitrogens is 3. The fourth-order valence-electron chi connectivity index (χ4n) is 3.42. The molecular formula is C18H18N4O. The lowest BCUT2D eigenvalue weighted by Gasteiger charge is -2.16. The molecule has 3 aromatic rings. The monoisotopic (exact) mass is 306 g/mol. The van der Waals surface area contributed by atoms with E-state index in [-0.39, 0.29) is 11.8 Å². The summed E-state index contributed by atoms with van der Waals surface area (Å²) in [5.74, 6) is 0.379. The van der Waals surface area contributed by atoms with Crippen LogP contribution in [0.3, 0.4) is 0 Å². The molecule has 0 spiro atoms. The summed E-state index contributed by atoms with van der Waals surface area (Å²) < 4.78 is 0. The molecule has 1 atom stereocenters. The first kappa shape index (κ1) is 13.9. The highest BCUT2D eigenvalue weighted by atomic mass is 16.2. The third kappa shape index (κ3) is 2.38. The second-order valence-corrected chi connectivity index (χ2v) is 6.04. The fourth-order valence-corrected chi connectivity index (χ4v) is 3.42. The molecule has 1 aliphatic heterocycles. The Bertz CT molecular complexity index is 856. The van der Waals surface area contributed by atoms with Gasteiger partial charge in [0.15, 0.2) is 0 Å². The van der Waals surface area contributed by atoms with Crippen molar-refractivity contribution >= 4 is 16.8 Å². The first-order valence-electron chi connectivity index (χ1n) is 7.86. The Balaban J connectivity index is 1.61. The lowest BCUT2D eigenvalue weighted by molar-refractivity contribution is 0.0792. The van der Waals surface area contributed by atoms with Crippen LogP contribution in [-0.2, 0) is 0 Å². The third-order valence-electron chi connectivity index (χ3n) is 4.58. The molecule has 1 fully saturated rings. The third-order valence-corrected chi connectivity index (χ3v) is 4.58. The molecule has 5 heteroatoms. The Morgan fingerprint density at radius 3 is 3.00 bits per heavy atom. The number of aryl methyl sites for hydroxylation is 1. The van der Waals surface area contributed by atoms with Gasteiger partial charge in [-0.2, -0.15) is 0 Å². The summed E-state index contributed by atoms with van der Waals surface area (Å²) in [6.45, 7) is 3.43. The van der Waals surface area contributed by atoms with Gasteiger partial charge in [-0.25, -0.2) is 0 Å². The number of aromatic amines is 1. The van der Waals surface area contributed by atoms with E-state index in [0.717, 1.165) is 40.8 Å². The van der Waals surface area contributed by atoms with E-state index in [1.54, 1.807) is 18.6 Å². The fraction of sp³-hybridized carbons (Fsp3) is 0.278. The van der Waals surface area contributed by atoms with Crippen LogP contribution in [-0.4, -0.2) is 38.8 Å². The minimum Gasteiger partial charge on any atom is -0.358 e. The molecule has 0 saturated carbocycles. The average molecular weight is 306 g/mol. The van der Waals surface area contributed by atoms with E-state index in [1.807, 2.05) is 36.1 Å². The topological polar surface area (TPSA) is 61.9 Å². The van der Waals surface area contributed by atoms with Crippen LogP contribution in [0.5, 0.6) is 0 Å². The molecule has 4 rings (SSSR count). The van der Waals surface area contributed by atoms with Crippen LogP contribution in [0.4, 0.5) is 0 Å². The maximum absolute atomic E-state index is 13.0. The van der Waals surface area contributed by atoms with Crippen molar-refractivity contribution in [2.75, 3.05) is 13.1 Å². The Kier molecular flexibility index (Phi) is 3.33. The van der Waals surface area contributed by atoms with E-state index in [9.17, 15) is 4.79 Å². The van der Waals surface area contributed by atoms with Gasteiger partial charge in [0.1, 0.15) is 0 Å². The number of hydrogen-bond acceptors (Lipinski definition) is 3. The second kappa shape index (κ2) is 5.50. The maximum atomic E-state index is 13.0. The molecule has 1 N–H and O–H groups in total. The van der Waals surface area contributed by atoms with Gasteiger partial charge in [-0.15, -0.1) is 0 Å². The highest BCUT2D eigenvalue weighted by Crippen LogP contribution is 2.29. The normalized spacial score (nSPS) is 17.8. The van der Waals surface area contributed by atoms with Crippen LogP contribution in [0.1, 0.15) is 34.1 Å². The maximum Gasteiger partial charge on any atom is 0.256 e. The molecule has 0 aliphatic carbocycles. The van der Waals surface area contributed by atoms with Crippen molar-refractivity contribution in [3.8, 4) is 0 Å². The molecule has 0 bridgehead atoms. The van der Waals surface area contributed by atoms with Crippen LogP contribution in [0, 0.1) is 6.92 Å². The first-order chi connectivity index (χ1) is 11.2. The van der Waals surface area contributed by atoms with Crippen molar-refractivity contribution in [3.05, 3.63) is 59.8 Å². The van der Waals surface area contributed by atoms with Crippen molar-refractivity contribution in [1.29, 1.82) is 0 Å². The number of rotatable bonds is 2. The highest BCUT2D eigenvalue weighted by Gasteiger charge is 2.30. The smallest absolute Gasteiger partial charge is 0.256 e. The number of H-pyrrole nitrogens is 1. The zero-order chi connectivity index (χ0) is 15.8. The number of fused-ring (bicyclic) bond motifs is 1. The van der Waals surface area contributed by atoms with E-state index in [2.05, 4.69) is 15.0 Å². The zero-order valence-electron chi connectivity index (χ0n) is 13.0. The quantitative estimate of drug-likeness (QED) is 0.792. The van der Waals surface area contributed by atoms with Crippen LogP contribution >= 0.6 is 0 Å². The molecule has 23 heavy (non-hydrogen) atoms. The number of benzene rings is 1. The minimum atomic E-state index is 0.103. The molecule has 1 saturated heterocycles. The van der Waals surface area contributed by atoms with Gasteiger partial charge in [0.25, 0.3) is 5.91 Å². The number of nitrogens with one attached hydrogen (secondary N) is 1. The predicted molar refractivity (Wildman–Crippen MR) is 88.3 cm³/mol. The van der Waals surface area contributed by atoms with Crippen LogP contribution in [0.25, 0.3) is 10.9 Å². The van der Waals surface area contributed by atoms with Gasteiger partial charge in [0.2, 0.25) is 0 Å². The molecule has 1 aliphatic rings. The molecule has 0 radical (unpaired) electrons. The number of para-hydroxylation sites is 1. The summed E-state index contributed by atoms with van der Waals surface area (Å²) >= 11 is 0. The largest absolute Gasteiger partial charge is 0.358 e. The summed E-state index contributed by atoms with van der Waals surface area (Å²) in [6.07, 6.45) is 6.13. The Morgan fingerprint density at radius 1 is 1.30 bits per heavy atom. The van der Waals surface area contributed by atoms with Gasteiger partial charge < -0.3 is 9.88 Å². The lowest BCUT2D eigenvalue weighted by Crippen LogP contribution is -2.29. The average Bonchev–Trinajstić information content (AvgIpc) is 3.19. The zero-order valence-corrected chi connectivity index (χ0v) is 13.0. The van der Waals surface area contributed by atoms with E-state index in [1.165, 1.54) is 0 Å². The summed E-state index contributed by atoms with van der Waals surface area (Å²) in [4.78, 5) is 26.7. The van der Waals surface area contributed by atoms with Gasteiger partial charge in [0.05, 0.1) is 11.3 Å². The molecule has 3 heterocycles. The number of nitrogens with zero attached hydrogens (tertiary/aromatic N) is 3. The first-order valence-corrected chi connectivity index (χ1v) is 7.86. The Morgan fingerprint density at radius 2 is 2.17 bits per heavy atom. The molecule has 2 aromatic heterocycles. The number of carbonyl (C=O) groups is 1. The second-order valence-electron chi connectivity index (χ2n) is 6.04. The summed E-state index contributed by atoms with van der Waals surface area (Å²) in [5.41, 5.74) is 3.70. The molecule has 1 aromatic carbocycles. The van der Waals surface area contributed by atoms with Gasteiger partial charge in [0, 0.05) is 54.2 Å². The van der Waals surface area contributed by atoms with Crippen LogP contribution < -0.4 is 0 Å². The summed E-state index contributed by atoms with van der Waals surface area (Å²) in [5, 5.41) is 0.998. The standard InChI is InChI=1S/C18H18N4O/c1-12-17(14-4-2-3-5-15(14)21-12)18(23)22-9-6-13(11-22)16-10-19-7-8-20-16/h2-5,7-8,10,13,21H,6,9,11H2,1H3. The van der Waals surface area contributed by atoms with E-state index >= 15 is 0 Å². The molecule has 5 nitrogen and oxygen atoms in total. The minimum absolute atomic E-state index is 0.103. The predicted octanol–water partition coefficient (Wildman–Crippen LogP) is 2.90. The van der Waals surface area contributed by atoms with Crippen molar-refractivity contribution in [2.45, 2.75) is 19.3 Å².